The number of hydrogen-bond donors (Lipinski definition) is 1. The van der Waals surface area contributed by atoms with Crippen LogP contribution in [0.15, 0.2) is 47.3 Å². The minimum atomic E-state index is -0.104. The minimum Gasteiger partial charge on any atom is -0.497 e. The molecule has 5 rings (SSSR count). The van der Waals surface area contributed by atoms with Gasteiger partial charge in [-0.05, 0) is 59.5 Å². The van der Waals surface area contributed by atoms with Crippen molar-refractivity contribution in [1.82, 2.24) is 30.1 Å². The fourth-order valence-electron chi connectivity index (χ4n) is 5.83. The summed E-state index contributed by atoms with van der Waals surface area (Å²) in [5.41, 5.74) is 2.40. The smallest absolute Gasteiger partial charge is 0.252 e. The number of nitrogens with zero attached hydrogens (tertiary/aromatic N) is 5. The van der Waals surface area contributed by atoms with E-state index in [9.17, 15) is 4.79 Å². The van der Waals surface area contributed by atoms with E-state index in [0.717, 1.165) is 41.8 Å². The molecule has 0 spiro atoms. The summed E-state index contributed by atoms with van der Waals surface area (Å²) in [7, 11) is 4.86. The molecule has 2 aromatic carbocycles. The van der Waals surface area contributed by atoms with E-state index < -0.39 is 0 Å². The SMILES string of the molecule is CCC(c1nnnn1Cc1ccc(OC)cc1)N(Cc1cc2cc(OC)c(OC)cc2[nH]c1=O)C1CCCCC1. The van der Waals surface area contributed by atoms with Crippen LogP contribution in [0.2, 0.25) is 0 Å². The molecule has 1 fully saturated rings. The number of ether oxygens (including phenoxy) is 3. The number of aromatic amines is 1. The molecule has 0 amide bonds. The van der Waals surface area contributed by atoms with Crippen LogP contribution in [0.5, 0.6) is 17.2 Å². The quantitative estimate of drug-likeness (QED) is 0.284. The third-order valence-corrected chi connectivity index (χ3v) is 7.96. The van der Waals surface area contributed by atoms with E-state index in [4.69, 9.17) is 14.2 Å². The van der Waals surface area contributed by atoms with Crippen molar-refractivity contribution in [3.05, 3.63) is 69.8 Å². The molecule has 1 aliphatic rings. The number of aromatic nitrogens is 5. The first-order valence-electron chi connectivity index (χ1n) is 14.0. The molecule has 10 nitrogen and oxygen atoms in total. The molecule has 1 atom stereocenters. The number of rotatable bonds is 11. The Bertz CT molecular complexity index is 1480. The van der Waals surface area contributed by atoms with Crippen LogP contribution in [0.4, 0.5) is 0 Å². The number of methoxy groups -OCH3 is 3. The Hall–Kier alpha value is -3.92. The molecule has 10 heteroatoms. The highest BCUT2D eigenvalue weighted by atomic mass is 16.5. The van der Waals surface area contributed by atoms with Crippen molar-refractivity contribution in [2.75, 3.05) is 21.3 Å². The van der Waals surface area contributed by atoms with Crippen LogP contribution in [-0.4, -0.2) is 57.5 Å². The van der Waals surface area contributed by atoms with E-state index >= 15 is 0 Å². The van der Waals surface area contributed by atoms with Gasteiger partial charge in [0.25, 0.3) is 5.56 Å². The second-order valence-corrected chi connectivity index (χ2v) is 10.3. The first kappa shape index (κ1) is 27.6. The Morgan fingerprint density at radius 3 is 2.40 bits per heavy atom. The number of pyridine rings is 1. The lowest BCUT2D eigenvalue weighted by molar-refractivity contribution is 0.0844. The molecule has 0 radical (unpaired) electrons. The zero-order chi connectivity index (χ0) is 28.1. The lowest BCUT2D eigenvalue weighted by Crippen LogP contribution is -2.41. The topological polar surface area (TPSA) is 107 Å². The first-order chi connectivity index (χ1) is 19.5. The van der Waals surface area contributed by atoms with Gasteiger partial charge in [-0.2, -0.15) is 0 Å². The summed E-state index contributed by atoms with van der Waals surface area (Å²) in [6, 6.07) is 13.9. The minimum absolute atomic E-state index is 0.0446. The maximum atomic E-state index is 13.4. The van der Waals surface area contributed by atoms with Crippen molar-refractivity contribution in [2.45, 2.75) is 70.6 Å². The molecule has 1 unspecified atom stereocenters. The Morgan fingerprint density at radius 1 is 1.00 bits per heavy atom. The number of fused-ring (bicyclic) bond motifs is 1. The fraction of sp³-hybridized carbons (Fsp3) is 0.467. The van der Waals surface area contributed by atoms with Gasteiger partial charge in [-0.15, -0.1) is 5.10 Å². The van der Waals surface area contributed by atoms with Gasteiger partial charge < -0.3 is 19.2 Å². The summed E-state index contributed by atoms with van der Waals surface area (Å²) in [5.74, 6) is 2.83. The number of H-pyrrole nitrogens is 1. The van der Waals surface area contributed by atoms with Crippen molar-refractivity contribution >= 4 is 10.9 Å². The van der Waals surface area contributed by atoms with Gasteiger partial charge in [0.05, 0.1) is 39.4 Å². The second kappa shape index (κ2) is 12.5. The van der Waals surface area contributed by atoms with Crippen molar-refractivity contribution in [2.24, 2.45) is 0 Å². The Kier molecular flexibility index (Phi) is 8.64. The Labute approximate surface area is 234 Å². The molecule has 0 saturated heterocycles. The van der Waals surface area contributed by atoms with Gasteiger partial charge in [-0.1, -0.05) is 38.3 Å². The van der Waals surface area contributed by atoms with E-state index in [1.54, 1.807) is 27.4 Å². The maximum absolute atomic E-state index is 13.4. The lowest BCUT2D eigenvalue weighted by atomic mass is 9.92. The molecule has 40 heavy (non-hydrogen) atoms. The van der Waals surface area contributed by atoms with E-state index in [1.807, 2.05) is 41.1 Å². The van der Waals surface area contributed by atoms with Crippen molar-refractivity contribution < 1.29 is 14.2 Å². The average molecular weight is 547 g/mol. The monoisotopic (exact) mass is 546 g/mol. The van der Waals surface area contributed by atoms with Gasteiger partial charge in [0.1, 0.15) is 5.75 Å². The van der Waals surface area contributed by atoms with Crippen molar-refractivity contribution in [1.29, 1.82) is 0 Å². The molecule has 0 bridgehead atoms. The van der Waals surface area contributed by atoms with E-state index in [0.29, 0.717) is 41.7 Å². The third kappa shape index (κ3) is 5.82. The summed E-state index contributed by atoms with van der Waals surface area (Å²) in [5, 5.41) is 13.8. The summed E-state index contributed by atoms with van der Waals surface area (Å²) in [6.07, 6.45) is 6.60. The Morgan fingerprint density at radius 2 is 1.73 bits per heavy atom. The Balaban J connectivity index is 1.50. The number of tetrazole rings is 1. The molecule has 2 heterocycles. The molecule has 2 aromatic heterocycles. The van der Waals surface area contributed by atoms with Gasteiger partial charge in [-0.25, -0.2) is 4.68 Å². The van der Waals surface area contributed by atoms with Crippen LogP contribution in [0.1, 0.15) is 68.4 Å². The van der Waals surface area contributed by atoms with Crippen LogP contribution < -0.4 is 19.8 Å². The molecule has 212 valence electrons. The molecule has 1 aliphatic carbocycles. The van der Waals surface area contributed by atoms with Crippen LogP contribution in [-0.2, 0) is 13.1 Å². The zero-order valence-electron chi connectivity index (χ0n) is 23.7. The molecule has 4 aromatic rings. The van der Waals surface area contributed by atoms with Gasteiger partial charge in [0.2, 0.25) is 0 Å². The normalized spacial score (nSPS) is 14.9. The molecule has 1 N–H and O–H groups in total. The second-order valence-electron chi connectivity index (χ2n) is 10.3. The predicted molar refractivity (Wildman–Crippen MR) is 153 cm³/mol. The molecular weight excluding hydrogens is 508 g/mol. The first-order valence-corrected chi connectivity index (χ1v) is 14.0. The summed E-state index contributed by atoms with van der Waals surface area (Å²) >= 11 is 0. The summed E-state index contributed by atoms with van der Waals surface area (Å²) in [4.78, 5) is 18.9. The molecule has 1 saturated carbocycles. The number of hydrogen-bond acceptors (Lipinski definition) is 8. The van der Waals surface area contributed by atoms with Crippen LogP contribution in [0, 0.1) is 0 Å². The third-order valence-electron chi connectivity index (χ3n) is 7.96. The predicted octanol–water partition coefficient (Wildman–Crippen LogP) is 4.87. The highest BCUT2D eigenvalue weighted by Crippen LogP contribution is 2.34. The zero-order valence-corrected chi connectivity index (χ0v) is 23.7. The van der Waals surface area contributed by atoms with Gasteiger partial charge in [0.15, 0.2) is 17.3 Å². The van der Waals surface area contributed by atoms with E-state index in [-0.39, 0.29) is 11.6 Å². The van der Waals surface area contributed by atoms with Crippen LogP contribution in [0.3, 0.4) is 0 Å². The standard InChI is InChI=1S/C30H38N6O4/c1-5-26(29-32-33-34-36(29)18-20-11-13-24(38-2)14-12-20)35(23-9-7-6-8-10-23)19-22-15-21-16-27(39-3)28(40-4)17-25(21)31-30(22)37/h11-17,23,26H,5-10,18-19H2,1-4H3,(H,31,37). The highest BCUT2D eigenvalue weighted by Gasteiger charge is 2.32. The van der Waals surface area contributed by atoms with E-state index in [1.165, 1.54) is 19.3 Å². The van der Waals surface area contributed by atoms with Gasteiger partial charge in [-0.3, -0.25) is 9.69 Å². The lowest BCUT2D eigenvalue weighted by Gasteiger charge is -2.39. The fourth-order valence-corrected chi connectivity index (χ4v) is 5.83. The van der Waals surface area contributed by atoms with Crippen molar-refractivity contribution in [3.63, 3.8) is 0 Å². The molecular formula is C30H38N6O4. The number of nitrogens with one attached hydrogen (secondary N) is 1. The molecule has 0 aliphatic heterocycles. The van der Waals surface area contributed by atoms with Gasteiger partial charge in [0, 0.05) is 29.6 Å². The maximum Gasteiger partial charge on any atom is 0.252 e. The van der Waals surface area contributed by atoms with Crippen LogP contribution >= 0.6 is 0 Å². The van der Waals surface area contributed by atoms with Gasteiger partial charge >= 0.3 is 0 Å². The van der Waals surface area contributed by atoms with Crippen molar-refractivity contribution in [3.8, 4) is 17.2 Å². The summed E-state index contributed by atoms with van der Waals surface area (Å²) in [6.45, 7) is 3.21. The van der Waals surface area contributed by atoms with Crippen LogP contribution in [0.25, 0.3) is 10.9 Å². The number of benzene rings is 2. The van der Waals surface area contributed by atoms with E-state index in [2.05, 4.69) is 32.3 Å². The average Bonchev–Trinajstić information content (AvgIpc) is 3.45. The highest BCUT2D eigenvalue weighted by molar-refractivity contribution is 5.83. The summed E-state index contributed by atoms with van der Waals surface area (Å²) < 4.78 is 18.1. The largest absolute Gasteiger partial charge is 0.497 e.